The molecule has 110 valence electrons. The van der Waals surface area contributed by atoms with E-state index < -0.39 is 0 Å². The Labute approximate surface area is 138 Å². The van der Waals surface area contributed by atoms with Crippen LogP contribution in [0.2, 0.25) is 5.15 Å². The van der Waals surface area contributed by atoms with Crippen LogP contribution in [0.5, 0.6) is 0 Å². The summed E-state index contributed by atoms with van der Waals surface area (Å²) in [6.45, 7) is 5.15. The predicted molar refractivity (Wildman–Crippen MR) is 88.5 cm³/mol. The van der Waals surface area contributed by atoms with Crippen molar-refractivity contribution in [3.8, 4) is 0 Å². The highest BCUT2D eigenvalue weighted by atomic mass is 79.9. The van der Waals surface area contributed by atoms with Crippen LogP contribution in [0.3, 0.4) is 0 Å². The zero-order chi connectivity index (χ0) is 15.4. The lowest BCUT2D eigenvalue weighted by Crippen LogP contribution is -2.30. The predicted octanol–water partition coefficient (Wildman–Crippen LogP) is 4.47. The standard InChI is InChI=1S/C16H16BrClN2O/c1-3-20(10-12-6-4-5-11(2)7-12)16(21)14-8-13(17)9-19-15(14)18/h4-9H,3,10H2,1-2H3. The molecule has 0 aliphatic heterocycles. The lowest BCUT2D eigenvalue weighted by Gasteiger charge is -2.21. The van der Waals surface area contributed by atoms with Crippen LogP contribution in [0, 0.1) is 6.92 Å². The Bertz CT molecular complexity index is 660. The van der Waals surface area contributed by atoms with Crippen molar-refractivity contribution in [2.75, 3.05) is 6.54 Å². The van der Waals surface area contributed by atoms with Gasteiger partial charge in [-0.3, -0.25) is 4.79 Å². The third-order valence-electron chi connectivity index (χ3n) is 3.16. The number of carbonyl (C=O) groups excluding carboxylic acids is 1. The fourth-order valence-corrected chi connectivity index (χ4v) is 2.62. The van der Waals surface area contributed by atoms with Gasteiger partial charge in [-0.1, -0.05) is 41.4 Å². The zero-order valence-corrected chi connectivity index (χ0v) is 14.3. The first-order valence-corrected chi connectivity index (χ1v) is 7.84. The molecule has 0 fully saturated rings. The molecule has 1 amide bonds. The number of pyridine rings is 1. The summed E-state index contributed by atoms with van der Waals surface area (Å²) in [5.41, 5.74) is 2.70. The van der Waals surface area contributed by atoms with Crippen molar-refractivity contribution in [1.29, 1.82) is 0 Å². The molecule has 0 aliphatic rings. The van der Waals surface area contributed by atoms with E-state index in [9.17, 15) is 4.79 Å². The molecule has 1 heterocycles. The highest BCUT2D eigenvalue weighted by Crippen LogP contribution is 2.20. The first-order valence-electron chi connectivity index (χ1n) is 6.67. The van der Waals surface area contributed by atoms with Gasteiger partial charge in [-0.15, -0.1) is 0 Å². The van der Waals surface area contributed by atoms with Gasteiger partial charge >= 0.3 is 0 Å². The third-order valence-corrected chi connectivity index (χ3v) is 3.90. The summed E-state index contributed by atoms with van der Waals surface area (Å²) >= 11 is 9.36. The smallest absolute Gasteiger partial charge is 0.257 e. The lowest BCUT2D eigenvalue weighted by molar-refractivity contribution is 0.0752. The van der Waals surface area contributed by atoms with Gasteiger partial charge in [-0.2, -0.15) is 0 Å². The van der Waals surface area contributed by atoms with E-state index in [4.69, 9.17) is 11.6 Å². The van der Waals surface area contributed by atoms with E-state index in [0.29, 0.717) is 18.7 Å². The number of amides is 1. The van der Waals surface area contributed by atoms with E-state index in [2.05, 4.69) is 27.0 Å². The van der Waals surface area contributed by atoms with Gasteiger partial charge in [0.25, 0.3) is 5.91 Å². The summed E-state index contributed by atoms with van der Waals surface area (Å²) in [4.78, 5) is 18.4. The number of hydrogen-bond donors (Lipinski definition) is 0. The van der Waals surface area contributed by atoms with Crippen LogP contribution in [0.25, 0.3) is 0 Å². The van der Waals surface area contributed by atoms with Crippen molar-refractivity contribution in [2.24, 2.45) is 0 Å². The van der Waals surface area contributed by atoms with E-state index in [1.165, 1.54) is 5.56 Å². The molecule has 3 nitrogen and oxygen atoms in total. The van der Waals surface area contributed by atoms with Gasteiger partial charge < -0.3 is 4.90 Å². The number of carbonyl (C=O) groups is 1. The molecule has 2 rings (SSSR count). The fourth-order valence-electron chi connectivity index (χ4n) is 2.10. The molecule has 0 spiro atoms. The first-order chi connectivity index (χ1) is 10.0. The maximum Gasteiger partial charge on any atom is 0.257 e. The van der Waals surface area contributed by atoms with Crippen LogP contribution in [0.1, 0.15) is 28.4 Å². The number of aryl methyl sites for hydroxylation is 1. The van der Waals surface area contributed by atoms with Crippen molar-refractivity contribution < 1.29 is 4.79 Å². The van der Waals surface area contributed by atoms with Crippen LogP contribution >= 0.6 is 27.5 Å². The van der Waals surface area contributed by atoms with Crippen LogP contribution in [-0.2, 0) is 6.54 Å². The van der Waals surface area contributed by atoms with Gasteiger partial charge in [-0.05, 0) is 41.4 Å². The maximum atomic E-state index is 12.6. The molecule has 0 N–H and O–H groups in total. The Morgan fingerprint density at radius 2 is 2.14 bits per heavy atom. The molecular formula is C16H16BrClN2O. The number of hydrogen-bond acceptors (Lipinski definition) is 2. The van der Waals surface area contributed by atoms with E-state index in [0.717, 1.165) is 10.0 Å². The minimum absolute atomic E-state index is 0.113. The topological polar surface area (TPSA) is 33.2 Å². The number of benzene rings is 1. The largest absolute Gasteiger partial charge is 0.335 e. The van der Waals surface area contributed by atoms with Gasteiger partial charge in [0, 0.05) is 23.8 Å². The van der Waals surface area contributed by atoms with Crippen LogP contribution in [0.4, 0.5) is 0 Å². The number of rotatable bonds is 4. The molecule has 0 saturated carbocycles. The molecule has 21 heavy (non-hydrogen) atoms. The van der Waals surface area contributed by atoms with E-state index >= 15 is 0 Å². The average molecular weight is 368 g/mol. The maximum absolute atomic E-state index is 12.6. The second-order valence-electron chi connectivity index (χ2n) is 4.80. The molecular weight excluding hydrogens is 352 g/mol. The van der Waals surface area contributed by atoms with Crippen molar-refractivity contribution in [3.63, 3.8) is 0 Å². The summed E-state index contributed by atoms with van der Waals surface area (Å²) in [5.74, 6) is -0.113. The Kier molecular flexibility index (Phi) is 5.37. The second-order valence-corrected chi connectivity index (χ2v) is 6.07. The monoisotopic (exact) mass is 366 g/mol. The minimum atomic E-state index is -0.113. The second kappa shape index (κ2) is 7.05. The Morgan fingerprint density at radius 3 is 2.81 bits per heavy atom. The van der Waals surface area contributed by atoms with E-state index in [1.54, 1.807) is 17.2 Å². The number of nitrogens with zero attached hydrogens (tertiary/aromatic N) is 2. The Balaban J connectivity index is 2.24. The molecule has 2 aromatic rings. The van der Waals surface area contributed by atoms with E-state index in [1.807, 2.05) is 32.0 Å². The van der Waals surface area contributed by atoms with Crippen LogP contribution in [0.15, 0.2) is 41.0 Å². The number of aromatic nitrogens is 1. The highest BCUT2D eigenvalue weighted by molar-refractivity contribution is 9.10. The third kappa shape index (κ3) is 4.05. The molecule has 1 aromatic heterocycles. The van der Waals surface area contributed by atoms with Gasteiger partial charge in [0.2, 0.25) is 0 Å². The molecule has 0 atom stereocenters. The van der Waals surface area contributed by atoms with E-state index in [-0.39, 0.29) is 11.1 Å². The molecule has 5 heteroatoms. The van der Waals surface area contributed by atoms with Gasteiger partial charge in [-0.25, -0.2) is 4.98 Å². The van der Waals surface area contributed by atoms with Crippen molar-refractivity contribution >= 4 is 33.4 Å². The lowest BCUT2D eigenvalue weighted by atomic mass is 10.1. The van der Waals surface area contributed by atoms with Crippen molar-refractivity contribution in [1.82, 2.24) is 9.88 Å². The fraction of sp³-hybridized carbons (Fsp3) is 0.250. The summed E-state index contributed by atoms with van der Waals surface area (Å²) < 4.78 is 0.738. The average Bonchev–Trinajstić information content (AvgIpc) is 2.46. The van der Waals surface area contributed by atoms with Gasteiger partial charge in [0.1, 0.15) is 5.15 Å². The van der Waals surface area contributed by atoms with Gasteiger partial charge in [0.05, 0.1) is 5.56 Å². The van der Waals surface area contributed by atoms with Crippen molar-refractivity contribution in [2.45, 2.75) is 20.4 Å². The van der Waals surface area contributed by atoms with Crippen LogP contribution in [-0.4, -0.2) is 22.3 Å². The molecule has 0 saturated heterocycles. The zero-order valence-electron chi connectivity index (χ0n) is 11.9. The first kappa shape index (κ1) is 16.0. The summed E-state index contributed by atoms with van der Waals surface area (Å²) in [5, 5.41) is 0.228. The minimum Gasteiger partial charge on any atom is -0.335 e. The normalized spacial score (nSPS) is 10.5. The number of halogens is 2. The van der Waals surface area contributed by atoms with Crippen LogP contribution < -0.4 is 0 Å². The van der Waals surface area contributed by atoms with Gasteiger partial charge in [0.15, 0.2) is 0 Å². The Morgan fingerprint density at radius 1 is 1.38 bits per heavy atom. The molecule has 0 unspecified atom stereocenters. The summed E-state index contributed by atoms with van der Waals surface area (Å²) in [6, 6.07) is 9.84. The molecule has 1 aromatic carbocycles. The molecule has 0 radical (unpaired) electrons. The summed E-state index contributed by atoms with van der Waals surface area (Å²) in [6.07, 6.45) is 1.58. The quantitative estimate of drug-likeness (QED) is 0.747. The Hall–Kier alpha value is -1.39. The van der Waals surface area contributed by atoms with Crippen molar-refractivity contribution in [3.05, 3.63) is 62.8 Å². The highest BCUT2D eigenvalue weighted by Gasteiger charge is 2.18. The molecule has 0 aliphatic carbocycles. The summed E-state index contributed by atoms with van der Waals surface area (Å²) in [7, 11) is 0. The molecule has 0 bridgehead atoms. The SMILES string of the molecule is CCN(Cc1cccc(C)c1)C(=O)c1cc(Br)cnc1Cl.